The van der Waals surface area contributed by atoms with Crippen molar-refractivity contribution in [3.05, 3.63) is 28.8 Å². The largest absolute Gasteiger partial charge is 0.495 e. The lowest BCUT2D eigenvalue weighted by Crippen LogP contribution is -2.51. The van der Waals surface area contributed by atoms with Crippen LogP contribution in [-0.4, -0.2) is 31.5 Å². The van der Waals surface area contributed by atoms with Gasteiger partial charge in [-0.3, -0.25) is 9.59 Å². The molecule has 128 valence electrons. The maximum atomic E-state index is 12.1. The smallest absolute Gasteiger partial charge is 0.325 e. The molecule has 0 radical (unpaired) electrons. The Bertz CT molecular complexity index is 572. The Hall–Kier alpha value is -1.59. The minimum Gasteiger partial charge on any atom is -0.495 e. The molecule has 1 rings (SSSR count). The first-order chi connectivity index (χ1) is 10.7. The minimum atomic E-state index is -1.10. The number of Topliss-reactive ketones (excluding diaryl/α,β-unsaturated/α-hetero) is 1. The van der Waals surface area contributed by atoms with Crippen LogP contribution in [0.3, 0.4) is 0 Å². The number of hydrogen-bond donors (Lipinski definition) is 1. The lowest BCUT2D eigenvalue weighted by Gasteiger charge is -2.28. The van der Waals surface area contributed by atoms with Crippen molar-refractivity contribution in [1.82, 2.24) is 0 Å². The molecule has 2 atom stereocenters. The summed E-state index contributed by atoms with van der Waals surface area (Å²) in [6, 6.07) is 5.28. The standard InChI is InChI=1S/C17H24ClNO4/c1-11(17(2,19)16(21)23-4)5-7-13(20)9-12-6-8-15(22-3)14(18)10-12/h6,8,10-11H,5,7,9,19H2,1-4H3. The van der Waals surface area contributed by atoms with Gasteiger partial charge in [-0.1, -0.05) is 24.6 Å². The summed E-state index contributed by atoms with van der Waals surface area (Å²) in [7, 11) is 2.84. The number of ether oxygens (including phenoxy) is 2. The van der Waals surface area contributed by atoms with Crippen LogP contribution in [0, 0.1) is 5.92 Å². The predicted octanol–water partition coefficient (Wildman–Crippen LogP) is 2.77. The lowest BCUT2D eigenvalue weighted by atomic mass is 9.84. The number of carbonyl (C=O) groups excluding carboxylic acids is 2. The third-order valence-corrected chi connectivity index (χ3v) is 4.42. The Kier molecular flexibility index (Phi) is 7.03. The molecule has 5 nitrogen and oxygen atoms in total. The second-order valence-corrected chi connectivity index (χ2v) is 6.31. The Balaban J connectivity index is 2.57. The fraction of sp³-hybridized carbons (Fsp3) is 0.529. The summed E-state index contributed by atoms with van der Waals surface area (Å²) in [5.74, 6) is 0.00459. The molecule has 0 aliphatic rings. The molecule has 0 aromatic heterocycles. The van der Waals surface area contributed by atoms with Crippen LogP contribution in [0.25, 0.3) is 0 Å². The van der Waals surface area contributed by atoms with Crippen LogP contribution in [0.1, 0.15) is 32.3 Å². The van der Waals surface area contributed by atoms with Gasteiger partial charge in [-0.05, 0) is 37.0 Å². The van der Waals surface area contributed by atoms with Gasteiger partial charge in [0.15, 0.2) is 0 Å². The molecule has 0 heterocycles. The summed E-state index contributed by atoms with van der Waals surface area (Å²) in [4.78, 5) is 23.8. The van der Waals surface area contributed by atoms with Gasteiger partial charge in [-0.2, -0.15) is 0 Å². The van der Waals surface area contributed by atoms with Gasteiger partial charge >= 0.3 is 5.97 Å². The number of esters is 1. The highest BCUT2D eigenvalue weighted by Crippen LogP contribution is 2.26. The van der Waals surface area contributed by atoms with Gasteiger partial charge in [0, 0.05) is 12.8 Å². The number of ketones is 1. The van der Waals surface area contributed by atoms with Crippen molar-refractivity contribution >= 4 is 23.4 Å². The van der Waals surface area contributed by atoms with Crippen molar-refractivity contribution in [3.63, 3.8) is 0 Å². The molecule has 0 amide bonds. The Morgan fingerprint density at radius 2 is 2.00 bits per heavy atom. The molecule has 0 bridgehead atoms. The van der Waals surface area contributed by atoms with Crippen LogP contribution in [0.2, 0.25) is 5.02 Å². The van der Waals surface area contributed by atoms with Crippen molar-refractivity contribution in [2.24, 2.45) is 11.7 Å². The summed E-state index contributed by atoms with van der Waals surface area (Å²) in [6.45, 7) is 3.46. The molecule has 2 N–H and O–H groups in total. The molecular weight excluding hydrogens is 318 g/mol. The Labute approximate surface area is 142 Å². The van der Waals surface area contributed by atoms with Crippen LogP contribution < -0.4 is 10.5 Å². The van der Waals surface area contributed by atoms with Crippen LogP contribution in [0.5, 0.6) is 5.75 Å². The number of halogens is 1. The first-order valence-electron chi connectivity index (χ1n) is 7.43. The summed E-state index contributed by atoms with van der Waals surface area (Å²) < 4.78 is 9.78. The molecule has 23 heavy (non-hydrogen) atoms. The minimum absolute atomic E-state index is 0.0683. The second-order valence-electron chi connectivity index (χ2n) is 5.90. The Morgan fingerprint density at radius 3 is 2.52 bits per heavy atom. The van der Waals surface area contributed by atoms with E-state index in [2.05, 4.69) is 0 Å². The molecule has 0 saturated carbocycles. The zero-order valence-electron chi connectivity index (χ0n) is 14.0. The van der Waals surface area contributed by atoms with Gasteiger partial charge in [0.1, 0.15) is 17.1 Å². The van der Waals surface area contributed by atoms with E-state index in [0.717, 1.165) is 5.56 Å². The number of rotatable bonds is 8. The van der Waals surface area contributed by atoms with E-state index >= 15 is 0 Å². The average Bonchev–Trinajstić information content (AvgIpc) is 2.51. The highest BCUT2D eigenvalue weighted by molar-refractivity contribution is 6.32. The first kappa shape index (κ1) is 19.5. The first-order valence-corrected chi connectivity index (χ1v) is 7.81. The van der Waals surface area contributed by atoms with Crippen LogP contribution in [0.15, 0.2) is 18.2 Å². The van der Waals surface area contributed by atoms with Crippen molar-refractivity contribution in [1.29, 1.82) is 0 Å². The Morgan fingerprint density at radius 1 is 1.35 bits per heavy atom. The maximum absolute atomic E-state index is 12.1. The molecule has 2 unspecified atom stereocenters. The summed E-state index contributed by atoms with van der Waals surface area (Å²) >= 11 is 6.05. The quantitative estimate of drug-likeness (QED) is 0.735. The van der Waals surface area contributed by atoms with Crippen molar-refractivity contribution in [2.45, 2.75) is 38.6 Å². The number of carbonyl (C=O) groups is 2. The zero-order chi connectivity index (χ0) is 17.6. The number of nitrogens with two attached hydrogens (primary N) is 1. The van der Waals surface area contributed by atoms with Crippen molar-refractivity contribution < 1.29 is 19.1 Å². The highest BCUT2D eigenvalue weighted by atomic mass is 35.5. The van der Waals surface area contributed by atoms with Gasteiger partial charge in [-0.15, -0.1) is 0 Å². The van der Waals surface area contributed by atoms with Gasteiger partial charge < -0.3 is 15.2 Å². The third-order valence-electron chi connectivity index (χ3n) is 4.12. The van der Waals surface area contributed by atoms with Gasteiger partial charge in [0.2, 0.25) is 0 Å². The summed E-state index contributed by atoms with van der Waals surface area (Å²) in [6.07, 6.45) is 1.15. The van der Waals surface area contributed by atoms with E-state index in [1.54, 1.807) is 26.2 Å². The molecule has 6 heteroatoms. The zero-order valence-corrected chi connectivity index (χ0v) is 14.8. The van der Waals surface area contributed by atoms with Crippen molar-refractivity contribution in [3.8, 4) is 5.75 Å². The maximum Gasteiger partial charge on any atom is 0.325 e. The molecule has 0 aliphatic heterocycles. The van der Waals surface area contributed by atoms with E-state index in [9.17, 15) is 9.59 Å². The molecule has 0 fully saturated rings. The topological polar surface area (TPSA) is 78.6 Å². The normalized spacial score (nSPS) is 14.7. The predicted molar refractivity (Wildman–Crippen MR) is 89.7 cm³/mol. The molecule has 1 aromatic rings. The molecule has 0 spiro atoms. The average molecular weight is 342 g/mol. The van der Waals surface area contributed by atoms with E-state index in [4.69, 9.17) is 26.8 Å². The van der Waals surface area contributed by atoms with E-state index < -0.39 is 11.5 Å². The van der Waals surface area contributed by atoms with Gasteiger partial charge in [0.25, 0.3) is 0 Å². The van der Waals surface area contributed by atoms with Crippen LogP contribution in [-0.2, 0) is 20.7 Å². The third kappa shape index (κ3) is 5.22. The lowest BCUT2D eigenvalue weighted by molar-refractivity contribution is -0.148. The van der Waals surface area contributed by atoms with E-state index in [0.29, 0.717) is 23.6 Å². The molecule has 0 saturated heterocycles. The molecule has 1 aromatic carbocycles. The highest BCUT2D eigenvalue weighted by Gasteiger charge is 2.35. The number of methoxy groups -OCH3 is 2. The second kappa shape index (κ2) is 8.31. The summed E-state index contributed by atoms with van der Waals surface area (Å²) in [5, 5.41) is 0.478. The summed E-state index contributed by atoms with van der Waals surface area (Å²) in [5.41, 5.74) is 5.72. The molecular formula is C17H24ClNO4. The monoisotopic (exact) mass is 341 g/mol. The van der Waals surface area contributed by atoms with Gasteiger partial charge in [0.05, 0.1) is 19.2 Å². The van der Waals surface area contributed by atoms with Gasteiger partial charge in [-0.25, -0.2) is 0 Å². The van der Waals surface area contributed by atoms with E-state index in [1.807, 2.05) is 13.0 Å². The number of benzene rings is 1. The number of hydrogen-bond acceptors (Lipinski definition) is 5. The van der Waals surface area contributed by atoms with Crippen molar-refractivity contribution in [2.75, 3.05) is 14.2 Å². The van der Waals surface area contributed by atoms with Crippen LogP contribution in [0.4, 0.5) is 0 Å². The fourth-order valence-corrected chi connectivity index (χ4v) is 2.51. The van der Waals surface area contributed by atoms with Crippen LogP contribution >= 0.6 is 11.6 Å². The molecule has 0 aliphatic carbocycles. The fourth-order valence-electron chi connectivity index (χ4n) is 2.23. The van der Waals surface area contributed by atoms with E-state index in [-0.39, 0.29) is 18.1 Å². The van der Waals surface area contributed by atoms with E-state index in [1.165, 1.54) is 7.11 Å². The SMILES string of the molecule is COC(=O)C(C)(N)C(C)CCC(=O)Cc1ccc(OC)c(Cl)c1.